The van der Waals surface area contributed by atoms with Crippen molar-refractivity contribution >= 4 is 5.91 Å². The SMILES string of the molecule is O=C(CCC1CCNCC1)NC1(CO)CC1. The van der Waals surface area contributed by atoms with Crippen molar-refractivity contribution in [3.8, 4) is 0 Å². The molecule has 3 N–H and O–H groups in total. The van der Waals surface area contributed by atoms with Crippen molar-refractivity contribution in [1.29, 1.82) is 0 Å². The molecular formula is C12H22N2O2. The first-order chi connectivity index (χ1) is 7.74. The monoisotopic (exact) mass is 226 g/mol. The quantitative estimate of drug-likeness (QED) is 0.636. The zero-order valence-electron chi connectivity index (χ0n) is 9.80. The number of nitrogens with one attached hydrogen (secondary N) is 2. The maximum Gasteiger partial charge on any atom is 0.220 e. The lowest BCUT2D eigenvalue weighted by Gasteiger charge is -2.22. The number of carbonyl (C=O) groups excluding carboxylic acids is 1. The van der Waals surface area contributed by atoms with Gasteiger partial charge in [-0.3, -0.25) is 4.79 Å². The lowest BCUT2D eigenvalue weighted by molar-refractivity contribution is -0.122. The minimum atomic E-state index is -0.245. The number of hydrogen-bond donors (Lipinski definition) is 3. The number of amides is 1. The Morgan fingerprint density at radius 2 is 2.06 bits per heavy atom. The van der Waals surface area contributed by atoms with E-state index in [9.17, 15) is 4.79 Å². The predicted molar refractivity (Wildman–Crippen MR) is 62.0 cm³/mol. The van der Waals surface area contributed by atoms with Crippen LogP contribution in [0.25, 0.3) is 0 Å². The third kappa shape index (κ3) is 3.19. The molecule has 0 bridgehead atoms. The molecule has 1 saturated carbocycles. The topological polar surface area (TPSA) is 61.4 Å². The summed E-state index contributed by atoms with van der Waals surface area (Å²) in [5, 5.41) is 15.4. The van der Waals surface area contributed by atoms with Crippen molar-refractivity contribution in [2.75, 3.05) is 19.7 Å². The van der Waals surface area contributed by atoms with E-state index in [2.05, 4.69) is 10.6 Å². The number of hydrogen-bond acceptors (Lipinski definition) is 3. The average Bonchev–Trinajstić information content (AvgIpc) is 3.08. The molecule has 92 valence electrons. The summed E-state index contributed by atoms with van der Waals surface area (Å²) in [6.45, 7) is 2.27. The van der Waals surface area contributed by atoms with E-state index >= 15 is 0 Å². The highest BCUT2D eigenvalue weighted by Crippen LogP contribution is 2.34. The summed E-state index contributed by atoms with van der Waals surface area (Å²) in [4.78, 5) is 11.7. The first kappa shape index (κ1) is 11.9. The van der Waals surface area contributed by atoms with Crippen molar-refractivity contribution in [3.63, 3.8) is 0 Å². The summed E-state index contributed by atoms with van der Waals surface area (Å²) in [5.41, 5.74) is -0.245. The molecular weight excluding hydrogens is 204 g/mol. The Balaban J connectivity index is 1.63. The molecule has 0 spiro atoms. The van der Waals surface area contributed by atoms with Crippen LogP contribution in [0.3, 0.4) is 0 Å². The molecule has 0 atom stereocenters. The standard InChI is InChI=1S/C12H22N2O2/c15-9-12(5-6-12)14-11(16)2-1-10-3-7-13-8-4-10/h10,13,15H,1-9H2,(H,14,16). The molecule has 2 rings (SSSR count). The van der Waals surface area contributed by atoms with Gasteiger partial charge in [-0.2, -0.15) is 0 Å². The van der Waals surface area contributed by atoms with Gasteiger partial charge in [-0.1, -0.05) is 0 Å². The molecule has 1 aliphatic heterocycles. The highest BCUT2D eigenvalue weighted by molar-refractivity contribution is 5.77. The highest BCUT2D eigenvalue weighted by Gasteiger charge is 2.43. The van der Waals surface area contributed by atoms with Gasteiger partial charge in [-0.15, -0.1) is 0 Å². The molecule has 0 radical (unpaired) electrons. The molecule has 4 heteroatoms. The highest BCUT2D eigenvalue weighted by atomic mass is 16.3. The summed E-state index contributed by atoms with van der Waals surface area (Å²) >= 11 is 0. The summed E-state index contributed by atoms with van der Waals surface area (Å²) in [6, 6.07) is 0. The maximum atomic E-state index is 11.7. The zero-order valence-corrected chi connectivity index (χ0v) is 9.80. The number of carbonyl (C=O) groups is 1. The number of aliphatic hydroxyl groups excluding tert-OH is 1. The smallest absolute Gasteiger partial charge is 0.220 e. The van der Waals surface area contributed by atoms with Gasteiger partial charge >= 0.3 is 0 Å². The number of aliphatic hydroxyl groups is 1. The second-order valence-corrected chi connectivity index (χ2v) is 5.22. The van der Waals surface area contributed by atoms with Crippen LogP contribution >= 0.6 is 0 Å². The fourth-order valence-electron chi connectivity index (χ4n) is 2.34. The van der Waals surface area contributed by atoms with Crippen LogP contribution in [0.1, 0.15) is 38.5 Å². The van der Waals surface area contributed by atoms with E-state index in [-0.39, 0.29) is 18.1 Å². The molecule has 0 aromatic carbocycles. The van der Waals surface area contributed by atoms with Gasteiger partial charge in [0.25, 0.3) is 0 Å². The predicted octanol–water partition coefficient (Wildman–Crippen LogP) is 0.407. The zero-order chi connectivity index (χ0) is 11.4. The van der Waals surface area contributed by atoms with Gasteiger partial charge in [0.15, 0.2) is 0 Å². The van der Waals surface area contributed by atoms with E-state index in [0.717, 1.165) is 32.4 Å². The van der Waals surface area contributed by atoms with Crippen LogP contribution in [0, 0.1) is 5.92 Å². The van der Waals surface area contributed by atoms with Crippen LogP contribution in [0.4, 0.5) is 0 Å². The summed E-state index contributed by atoms with van der Waals surface area (Å²) < 4.78 is 0. The van der Waals surface area contributed by atoms with Gasteiger partial charge < -0.3 is 15.7 Å². The Bertz CT molecular complexity index is 245. The van der Waals surface area contributed by atoms with Crippen LogP contribution in [-0.2, 0) is 4.79 Å². The van der Waals surface area contributed by atoms with Gasteiger partial charge in [0.05, 0.1) is 12.1 Å². The van der Waals surface area contributed by atoms with Gasteiger partial charge in [0.1, 0.15) is 0 Å². The Labute approximate surface area is 96.8 Å². The van der Waals surface area contributed by atoms with E-state index in [1.54, 1.807) is 0 Å². The summed E-state index contributed by atoms with van der Waals surface area (Å²) in [5.74, 6) is 0.821. The van der Waals surface area contributed by atoms with E-state index in [1.807, 2.05) is 0 Å². The van der Waals surface area contributed by atoms with Gasteiger partial charge in [0, 0.05) is 6.42 Å². The van der Waals surface area contributed by atoms with Crippen molar-refractivity contribution in [2.45, 2.75) is 44.1 Å². The first-order valence-corrected chi connectivity index (χ1v) is 6.37. The second kappa shape index (κ2) is 5.15. The van der Waals surface area contributed by atoms with Crippen LogP contribution in [0.15, 0.2) is 0 Å². The van der Waals surface area contributed by atoms with Gasteiger partial charge in [0.2, 0.25) is 5.91 Å². The first-order valence-electron chi connectivity index (χ1n) is 6.37. The number of piperidine rings is 1. The molecule has 2 aliphatic rings. The molecule has 1 heterocycles. The Morgan fingerprint density at radius 3 is 2.62 bits per heavy atom. The molecule has 1 amide bonds. The fraction of sp³-hybridized carbons (Fsp3) is 0.917. The van der Waals surface area contributed by atoms with Crippen LogP contribution in [-0.4, -0.2) is 36.2 Å². The summed E-state index contributed by atoms with van der Waals surface area (Å²) in [7, 11) is 0. The molecule has 1 aliphatic carbocycles. The third-order valence-electron chi connectivity index (χ3n) is 3.80. The molecule has 0 aromatic rings. The third-order valence-corrected chi connectivity index (χ3v) is 3.80. The van der Waals surface area contributed by atoms with Crippen molar-refractivity contribution in [2.24, 2.45) is 5.92 Å². The molecule has 2 fully saturated rings. The van der Waals surface area contributed by atoms with Gasteiger partial charge in [-0.05, 0) is 51.1 Å². The second-order valence-electron chi connectivity index (χ2n) is 5.22. The minimum absolute atomic E-state index is 0.0894. The van der Waals surface area contributed by atoms with Crippen molar-refractivity contribution < 1.29 is 9.90 Å². The van der Waals surface area contributed by atoms with Crippen molar-refractivity contribution in [1.82, 2.24) is 10.6 Å². The Morgan fingerprint density at radius 1 is 1.38 bits per heavy atom. The molecule has 4 nitrogen and oxygen atoms in total. The maximum absolute atomic E-state index is 11.7. The van der Waals surface area contributed by atoms with E-state index in [4.69, 9.17) is 5.11 Å². The average molecular weight is 226 g/mol. The Hall–Kier alpha value is -0.610. The minimum Gasteiger partial charge on any atom is -0.394 e. The normalized spacial score (nSPS) is 24.1. The van der Waals surface area contributed by atoms with E-state index in [0.29, 0.717) is 12.3 Å². The molecule has 1 saturated heterocycles. The van der Waals surface area contributed by atoms with E-state index < -0.39 is 0 Å². The van der Waals surface area contributed by atoms with Crippen LogP contribution < -0.4 is 10.6 Å². The number of rotatable bonds is 5. The molecule has 0 aromatic heterocycles. The molecule has 16 heavy (non-hydrogen) atoms. The lowest BCUT2D eigenvalue weighted by Crippen LogP contribution is -2.39. The fourth-order valence-corrected chi connectivity index (χ4v) is 2.34. The summed E-state index contributed by atoms with van der Waals surface area (Å²) in [6.07, 6.45) is 5.86. The van der Waals surface area contributed by atoms with Crippen LogP contribution in [0.2, 0.25) is 0 Å². The molecule has 0 unspecified atom stereocenters. The van der Waals surface area contributed by atoms with E-state index in [1.165, 1.54) is 12.8 Å². The van der Waals surface area contributed by atoms with Crippen molar-refractivity contribution in [3.05, 3.63) is 0 Å². The lowest BCUT2D eigenvalue weighted by atomic mass is 9.93. The van der Waals surface area contributed by atoms with Gasteiger partial charge in [-0.25, -0.2) is 0 Å². The van der Waals surface area contributed by atoms with Crippen LogP contribution in [0.5, 0.6) is 0 Å². The largest absolute Gasteiger partial charge is 0.394 e. The Kier molecular flexibility index (Phi) is 3.82.